The first-order chi connectivity index (χ1) is 14.0. The molecule has 0 spiro atoms. The van der Waals surface area contributed by atoms with Crippen molar-refractivity contribution in [2.45, 2.75) is 0 Å². The monoisotopic (exact) mass is 414 g/mol. The molecule has 1 saturated heterocycles. The summed E-state index contributed by atoms with van der Waals surface area (Å²) in [7, 11) is 3.47. The van der Waals surface area contributed by atoms with Crippen molar-refractivity contribution in [1.29, 1.82) is 0 Å². The summed E-state index contributed by atoms with van der Waals surface area (Å²) in [6, 6.07) is 12.9. The van der Waals surface area contributed by atoms with E-state index in [2.05, 4.69) is 9.88 Å². The van der Waals surface area contributed by atoms with Gasteiger partial charge in [-0.15, -0.1) is 0 Å². The van der Waals surface area contributed by atoms with E-state index in [1.54, 1.807) is 18.1 Å². The Morgan fingerprint density at radius 2 is 1.90 bits per heavy atom. The molecule has 1 amide bonds. The molecule has 1 fully saturated rings. The van der Waals surface area contributed by atoms with E-state index in [1.807, 2.05) is 42.3 Å². The van der Waals surface area contributed by atoms with Crippen LogP contribution in [0.1, 0.15) is 0 Å². The van der Waals surface area contributed by atoms with Gasteiger partial charge in [0, 0.05) is 38.9 Å². The second-order valence-electron chi connectivity index (χ2n) is 7.00. The maximum atomic E-state index is 13.9. The van der Waals surface area contributed by atoms with Crippen LogP contribution in [0.15, 0.2) is 42.5 Å². The Kier molecular flexibility index (Phi) is 5.53. The molecule has 1 aliphatic rings. The van der Waals surface area contributed by atoms with Crippen molar-refractivity contribution in [2.24, 2.45) is 0 Å². The van der Waals surface area contributed by atoms with E-state index in [1.165, 1.54) is 17.4 Å². The Morgan fingerprint density at radius 3 is 2.55 bits per heavy atom. The average molecular weight is 415 g/mol. The lowest BCUT2D eigenvalue weighted by Gasteiger charge is -2.36. The minimum absolute atomic E-state index is 0.0570. The van der Waals surface area contributed by atoms with Crippen molar-refractivity contribution in [1.82, 2.24) is 9.88 Å². The van der Waals surface area contributed by atoms with Crippen LogP contribution in [-0.4, -0.2) is 62.7 Å². The zero-order valence-corrected chi connectivity index (χ0v) is 17.3. The third kappa shape index (κ3) is 4.12. The van der Waals surface area contributed by atoms with Crippen molar-refractivity contribution in [3.8, 4) is 5.75 Å². The number of hydrogen-bond donors (Lipinski definition) is 0. The molecule has 0 radical (unpaired) electrons. The summed E-state index contributed by atoms with van der Waals surface area (Å²) in [5, 5.41) is 0.648. The highest BCUT2D eigenvalue weighted by molar-refractivity contribution is 7.22. The Hall–Kier alpha value is -2.87. The normalized spacial score (nSPS) is 14.3. The molecule has 2 heterocycles. The van der Waals surface area contributed by atoms with Gasteiger partial charge in [-0.05, 0) is 36.4 Å². The van der Waals surface area contributed by atoms with E-state index in [4.69, 9.17) is 4.74 Å². The summed E-state index contributed by atoms with van der Waals surface area (Å²) in [5.41, 5.74) is 1.49. The molecule has 0 aliphatic carbocycles. The first-order valence-corrected chi connectivity index (χ1v) is 10.3. The fourth-order valence-corrected chi connectivity index (χ4v) is 4.38. The molecule has 0 saturated carbocycles. The molecule has 4 rings (SSSR count). The third-order valence-corrected chi connectivity index (χ3v) is 6.26. The number of halogens is 1. The molecule has 6 nitrogen and oxygen atoms in total. The van der Waals surface area contributed by atoms with E-state index in [0.717, 1.165) is 29.2 Å². The SMILES string of the molecule is COc1ccc(N2CCN(C(=O)CN(C)c3nc4c(F)cccc4s3)CC2)cc1. The van der Waals surface area contributed by atoms with Crippen LogP contribution in [0.2, 0.25) is 0 Å². The molecule has 152 valence electrons. The maximum Gasteiger partial charge on any atom is 0.242 e. The summed E-state index contributed by atoms with van der Waals surface area (Å²) in [6.07, 6.45) is 0. The Morgan fingerprint density at radius 1 is 1.17 bits per heavy atom. The van der Waals surface area contributed by atoms with E-state index < -0.39 is 0 Å². The quantitative estimate of drug-likeness (QED) is 0.642. The maximum absolute atomic E-state index is 13.9. The number of benzene rings is 2. The van der Waals surface area contributed by atoms with E-state index >= 15 is 0 Å². The molecule has 8 heteroatoms. The number of hydrogen-bond acceptors (Lipinski definition) is 6. The fourth-order valence-electron chi connectivity index (χ4n) is 3.44. The number of thiazole rings is 1. The lowest BCUT2D eigenvalue weighted by Crippen LogP contribution is -2.51. The summed E-state index contributed by atoms with van der Waals surface area (Å²) >= 11 is 1.39. The van der Waals surface area contributed by atoms with Gasteiger partial charge in [0.15, 0.2) is 5.13 Å². The molecular weight excluding hydrogens is 391 g/mol. The van der Waals surface area contributed by atoms with Gasteiger partial charge in [0.1, 0.15) is 17.1 Å². The number of amides is 1. The summed E-state index contributed by atoms with van der Waals surface area (Å²) in [4.78, 5) is 23.0. The Balaban J connectivity index is 1.34. The molecule has 1 aromatic heterocycles. The van der Waals surface area contributed by atoms with Gasteiger partial charge in [-0.3, -0.25) is 4.79 Å². The first-order valence-electron chi connectivity index (χ1n) is 9.48. The molecule has 0 bridgehead atoms. The molecule has 0 N–H and O–H groups in total. The number of para-hydroxylation sites is 1. The second kappa shape index (κ2) is 8.24. The lowest BCUT2D eigenvalue weighted by molar-refractivity contribution is -0.129. The highest BCUT2D eigenvalue weighted by Gasteiger charge is 2.23. The number of rotatable bonds is 5. The second-order valence-corrected chi connectivity index (χ2v) is 8.01. The van der Waals surface area contributed by atoms with Crippen molar-refractivity contribution in [2.75, 3.05) is 56.7 Å². The fraction of sp³-hybridized carbons (Fsp3) is 0.333. The van der Waals surface area contributed by atoms with Crippen LogP contribution in [0.25, 0.3) is 10.2 Å². The number of carbonyl (C=O) groups excluding carboxylic acids is 1. The number of piperazine rings is 1. The average Bonchev–Trinajstić information content (AvgIpc) is 3.20. The minimum atomic E-state index is -0.334. The molecule has 29 heavy (non-hydrogen) atoms. The van der Waals surface area contributed by atoms with E-state index in [0.29, 0.717) is 23.7 Å². The Labute approximate surface area is 173 Å². The highest BCUT2D eigenvalue weighted by atomic mass is 32.1. The van der Waals surface area contributed by atoms with Crippen molar-refractivity contribution >= 4 is 38.3 Å². The van der Waals surface area contributed by atoms with Crippen LogP contribution in [0, 0.1) is 5.82 Å². The Bertz CT molecular complexity index is 1000. The van der Waals surface area contributed by atoms with Gasteiger partial charge >= 0.3 is 0 Å². The van der Waals surface area contributed by atoms with Crippen LogP contribution in [0.4, 0.5) is 15.2 Å². The van der Waals surface area contributed by atoms with Crippen LogP contribution in [-0.2, 0) is 4.79 Å². The smallest absolute Gasteiger partial charge is 0.242 e. The summed E-state index contributed by atoms with van der Waals surface area (Å²) < 4.78 is 19.9. The van der Waals surface area contributed by atoms with Gasteiger partial charge in [0.2, 0.25) is 5.91 Å². The van der Waals surface area contributed by atoms with Gasteiger partial charge in [-0.1, -0.05) is 17.4 Å². The number of carbonyl (C=O) groups is 1. The van der Waals surface area contributed by atoms with Gasteiger partial charge in [0.25, 0.3) is 0 Å². The zero-order chi connectivity index (χ0) is 20.4. The molecule has 0 unspecified atom stereocenters. The number of fused-ring (bicyclic) bond motifs is 1. The number of aromatic nitrogens is 1. The number of methoxy groups -OCH3 is 1. The minimum Gasteiger partial charge on any atom is -0.497 e. The summed E-state index contributed by atoms with van der Waals surface area (Å²) in [6.45, 7) is 3.15. The standard InChI is InChI=1S/C21H23FN4O2S/c1-24(21-23-20-17(22)4-3-5-18(20)29-21)14-19(27)26-12-10-25(11-13-26)15-6-8-16(28-2)9-7-15/h3-9H,10-14H2,1-2H3. The van der Waals surface area contributed by atoms with Crippen molar-refractivity contribution < 1.29 is 13.9 Å². The van der Waals surface area contributed by atoms with Crippen LogP contribution in [0.5, 0.6) is 5.75 Å². The predicted molar refractivity (Wildman–Crippen MR) is 115 cm³/mol. The van der Waals surface area contributed by atoms with Crippen LogP contribution >= 0.6 is 11.3 Å². The molecule has 3 aromatic rings. The predicted octanol–water partition coefficient (Wildman–Crippen LogP) is 3.23. The number of ether oxygens (including phenoxy) is 1. The molecule has 2 aromatic carbocycles. The van der Waals surface area contributed by atoms with E-state index in [9.17, 15) is 9.18 Å². The van der Waals surface area contributed by atoms with Gasteiger partial charge in [-0.25, -0.2) is 9.37 Å². The third-order valence-electron chi connectivity index (χ3n) is 5.13. The number of likely N-dealkylation sites (N-methyl/N-ethyl adjacent to an activating group) is 1. The van der Waals surface area contributed by atoms with Crippen molar-refractivity contribution in [3.05, 3.63) is 48.3 Å². The largest absolute Gasteiger partial charge is 0.497 e. The first kappa shape index (κ1) is 19.4. The van der Waals surface area contributed by atoms with Crippen molar-refractivity contribution in [3.63, 3.8) is 0 Å². The topological polar surface area (TPSA) is 48.9 Å². The molecule has 0 atom stereocenters. The van der Waals surface area contributed by atoms with Gasteiger partial charge < -0.3 is 19.4 Å². The van der Waals surface area contributed by atoms with Gasteiger partial charge in [-0.2, -0.15) is 0 Å². The molecule has 1 aliphatic heterocycles. The lowest BCUT2D eigenvalue weighted by atomic mass is 10.2. The van der Waals surface area contributed by atoms with Crippen LogP contribution < -0.4 is 14.5 Å². The summed E-state index contributed by atoms with van der Waals surface area (Å²) in [5.74, 6) is 0.557. The van der Waals surface area contributed by atoms with Gasteiger partial charge in [0.05, 0.1) is 18.4 Å². The van der Waals surface area contributed by atoms with E-state index in [-0.39, 0.29) is 18.3 Å². The number of anilines is 2. The van der Waals surface area contributed by atoms with Crippen LogP contribution in [0.3, 0.4) is 0 Å². The highest BCUT2D eigenvalue weighted by Crippen LogP contribution is 2.29. The number of nitrogens with zero attached hydrogens (tertiary/aromatic N) is 4. The zero-order valence-electron chi connectivity index (χ0n) is 16.5. The molecular formula is C21H23FN4O2S.